The molecule has 1 aromatic carbocycles. The summed E-state index contributed by atoms with van der Waals surface area (Å²) in [5, 5.41) is 11.6. The molecule has 0 radical (unpaired) electrons. The molecule has 3 heterocycles. The molecule has 3 aromatic rings. The van der Waals surface area contributed by atoms with Gasteiger partial charge in [-0.05, 0) is 48.8 Å². The third-order valence-electron chi connectivity index (χ3n) is 5.44. The zero-order valence-corrected chi connectivity index (χ0v) is 19.3. The molecule has 1 saturated heterocycles. The maximum atomic E-state index is 13.2. The van der Waals surface area contributed by atoms with Crippen molar-refractivity contribution in [1.29, 1.82) is 0 Å². The zero-order chi connectivity index (χ0) is 21.1. The van der Waals surface area contributed by atoms with Crippen LogP contribution in [0.1, 0.15) is 37.9 Å². The van der Waals surface area contributed by atoms with Crippen LogP contribution in [0.5, 0.6) is 0 Å². The van der Waals surface area contributed by atoms with Crippen LogP contribution in [0.3, 0.4) is 0 Å². The minimum absolute atomic E-state index is 0.195. The summed E-state index contributed by atoms with van der Waals surface area (Å²) in [4.78, 5) is 16.4. The fraction of sp³-hybridized carbons (Fsp3) is 0.435. The van der Waals surface area contributed by atoms with E-state index in [1.54, 1.807) is 11.3 Å². The van der Waals surface area contributed by atoms with E-state index in [9.17, 15) is 4.79 Å². The lowest BCUT2D eigenvalue weighted by atomic mass is 9.92. The molecule has 30 heavy (non-hydrogen) atoms. The third kappa shape index (κ3) is 4.78. The molecule has 5 nitrogen and oxygen atoms in total. The predicted molar refractivity (Wildman–Crippen MR) is 123 cm³/mol. The van der Waals surface area contributed by atoms with E-state index in [-0.39, 0.29) is 11.2 Å². The topological polar surface area (TPSA) is 51.0 Å². The van der Waals surface area contributed by atoms with Crippen LogP contribution < -0.4 is 0 Å². The molecule has 4 rings (SSSR count). The third-order valence-corrected chi connectivity index (χ3v) is 7.34. The Labute approximate surface area is 186 Å². The predicted octanol–water partition coefficient (Wildman–Crippen LogP) is 4.90. The summed E-state index contributed by atoms with van der Waals surface area (Å²) in [5.74, 6) is 2.20. The fourth-order valence-electron chi connectivity index (χ4n) is 4.21. The van der Waals surface area contributed by atoms with Crippen molar-refractivity contribution in [3.63, 3.8) is 0 Å². The van der Waals surface area contributed by atoms with Crippen molar-refractivity contribution in [1.82, 2.24) is 19.7 Å². The van der Waals surface area contributed by atoms with Gasteiger partial charge in [-0.25, -0.2) is 0 Å². The SMILES string of the molecule is CC1CC(C)CN(C(=O)C(C)Sc2nnc(Cc3cccs3)n2-c2ccccc2)C1. The Bertz CT molecular complexity index is 961. The Morgan fingerprint density at radius 3 is 2.53 bits per heavy atom. The molecule has 0 spiro atoms. The molecule has 1 fully saturated rings. The highest BCUT2D eigenvalue weighted by Crippen LogP contribution is 2.30. The Morgan fingerprint density at radius 1 is 1.13 bits per heavy atom. The van der Waals surface area contributed by atoms with E-state index in [0.29, 0.717) is 11.8 Å². The number of para-hydroxylation sites is 1. The maximum Gasteiger partial charge on any atom is 0.235 e. The molecule has 2 aromatic heterocycles. The van der Waals surface area contributed by atoms with Gasteiger partial charge < -0.3 is 4.90 Å². The number of amides is 1. The van der Waals surface area contributed by atoms with Gasteiger partial charge in [-0.2, -0.15) is 0 Å². The van der Waals surface area contributed by atoms with E-state index in [2.05, 4.69) is 58.3 Å². The van der Waals surface area contributed by atoms with E-state index in [0.717, 1.165) is 36.2 Å². The number of hydrogen-bond acceptors (Lipinski definition) is 5. The highest BCUT2D eigenvalue weighted by molar-refractivity contribution is 8.00. The van der Waals surface area contributed by atoms with Crippen LogP contribution >= 0.6 is 23.1 Å². The van der Waals surface area contributed by atoms with Gasteiger partial charge >= 0.3 is 0 Å². The van der Waals surface area contributed by atoms with Gasteiger partial charge in [0.2, 0.25) is 5.91 Å². The van der Waals surface area contributed by atoms with E-state index in [1.165, 1.54) is 23.1 Å². The average molecular weight is 441 g/mol. The number of carbonyl (C=O) groups is 1. The molecular weight excluding hydrogens is 412 g/mol. The van der Waals surface area contributed by atoms with Crippen LogP contribution in [-0.2, 0) is 11.2 Å². The number of piperidine rings is 1. The summed E-state index contributed by atoms with van der Waals surface area (Å²) in [6.07, 6.45) is 1.92. The van der Waals surface area contributed by atoms with Crippen molar-refractivity contribution in [3.8, 4) is 5.69 Å². The lowest BCUT2D eigenvalue weighted by Gasteiger charge is -2.36. The molecule has 1 amide bonds. The quantitative estimate of drug-likeness (QED) is 0.511. The molecule has 3 unspecified atom stereocenters. The highest BCUT2D eigenvalue weighted by atomic mass is 32.2. The van der Waals surface area contributed by atoms with E-state index in [4.69, 9.17) is 0 Å². The number of thiophene rings is 1. The van der Waals surface area contributed by atoms with Gasteiger partial charge in [0, 0.05) is 30.1 Å². The molecule has 7 heteroatoms. The van der Waals surface area contributed by atoms with Gasteiger partial charge in [-0.1, -0.05) is 49.9 Å². The summed E-state index contributed by atoms with van der Waals surface area (Å²) in [6, 6.07) is 14.3. The number of likely N-dealkylation sites (tertiary alicyclic amines) is 1. The number of nitrogens with zero attached hydrogens (tertiary/aromatic N) is 4. The summed E-state index contributed by atoms with van der Waals surface area (Å²) in [7, 11) is 0. The van der Waals surface area contributed by atoms with Crippen molar-refractivity contribution < 1.29 is 4.79 Å². The van der Waals surface area contributed by atoms with Gasteiger partial charge in [0.1, 0.15) is 5.82 Å². The Kier molecular flexibility index (Phi) is 6.58. The molecule has 1 aliphatic heterocycles. The van der Waals surface area contributed by atoms with Crippen LogP contribution in [0.15, 0.2) is 53.0 Å². The minimum atomic E-state index is -0.205. The number of hydrogen-bond donors (Lipinski definition) is 0. The van der Waals surface area contributed by atoms with Crippen LogP contribution in [0.4, 0.5) is 0 Å². The number of carbonyl (C=O) groups excluding carboxylic acids is 1. The molecule has 0 saturated carbocycles. The molecule has 0 bridgehead atoms. The lowest BCUT2D eigenvalue weighted by molar-refractivity contribution is -0.132. The van der Waals surface area contributed by atoms with Crippen LogP contribution in [0, 0.1) is 11.8 Å². The van der Waals surface area contributed by atoms with E-state index in [1.807, 2.05) is 30.0 Å². The summed E-state index contributed by atoms with van der Waals surface area (Å²) < 4.78 is 2.09. The second-order valence-corrected chi connectivity index (χ2v) is 10.6. The number of benzene rings is 1. The van der Waals surface area contributed by atoms with Crippen molar-refractivity contribution >= 4 is 29.0 Å². The lowest BCUT2D eigenvalue weighted by Crippen LogP contribution is -2.45. The maximum absolute atomic E-state index is 13.2. The summed E-state index contributed by atoms with van der Waals surface area (Å²) in [6.45, 7) is 8.15. The van der Waals surface area contributed by atoms with Gasteiger partial charge in [0.05, 0.1) is 5.25 Å². The fourth-order valence-corrected chi connectivity index (χ4v) is 5.88. The molecular formula is C23H28N4OS2. The normalized spacial score (nSPS) is 20.3. The van der Waals surface area contributed by atoms with Crippen molar-refractivity contribution in [2.75, 3.05) is 13.1 Å². The minimum Gasteiger partial charge on any atom is -0.341 e. The molecule has 0 aliphatic carbocycles. The first-order valence-electron chi connectivity index (χ1n) is 10.5. The van der Waals surface area contributed by atoms with Crippen molar-refractivity contribution in [3.05, 3.63) is 58.5 Å². The Hall–Kier alpha value is -2.12. The van der Waals surface area contributed by atoms with Crippen LogP contribution in [-0.4, -0.2) is 43.9 Å². The Morgan fingerprint density at radius 2 is 1.87 bits per heavy atom. The van der Waals surface area contributed by atoms with Crippen molar-refractivity contribution in [2.24, 2.45) is 11.8 Å². The van der Waals surface area contributed by atoms with Gasteiger partial charge in [0.15, 0.2) is 5.16 Å². The molecule has 0 N–H and O–H groups in total. The number of thioether (sulfide) groups is 1. The molecule has 1 aliphatic rings. The van der Waals surface area contributed by atoms with Crippen molar-refractivity contribution in [2.45, 2.75) is 44.0 Å². The summed E-state index contributed by atoms with van der Waals surface area (Å²) in [5.41, 5.74) is 1.02. The number of rotatable bonds is 6. The second-order valence-electron chi connectivity index (χ2n) is 8.28. The molecule has 158 valence electrons. The standard InChI is InChI=1S/C23H28N4OS2/c1-16-12-17(2)15-26(14-16)22(28)18(3)30-23-25-24-21(13-20-10-7-11-29-20)27(23)19-8-5-4-6-9-19/h4-11,16-18H,12-15H2,1-3H3. The van der Waals surface area contributed by atoms with E-state index >= 15 is 0 Å². The van der Waals surface area contributed by atoms with Gasteiger partial charge in [0.25, 0.3) is 0 Å². The summed E-state index contributed by atoms with van der Waals surface area (Å²) >= 11 is 3.22. The first-order chi connectivity index (χ1) is 14.5. The highest BCUT2D eigenvalue weighted by Gasteiger charge is 2.30. The van der Waals surface area contributed by atoms with Crippen LogP contribution in [0.25, 0.3) is 5.69 Å². The van der Waals surface area contributed by atoms with E-state index < -0.39 is 0 Å². The monoisotopic (exact) mass is 440 g/mol. The average Bonchev–Trinajstić information content (AvgIpc) is 3.38. The Balaban J connectivity index is 1.57. The largest absolute Gasteiger partial charge is 0.341 e. The number of aromatic nitrogens is 3. The van der Waals surface area contributed by atoms with Crippen LogP contribution in [0.2, 0.25) is 0 Å². The first kappa shape index (κ1) is 21.1. The first-order valence-corrected chi connectivity index (χ1v) is 12.2. The smallest absolute Gasteiger partial charge is 0.235 e. The second kappa shape index (κ2) is 9.35. The molecule has 3 atom stereocenters. The van der Waals surface area contributed by atoms with Gasteiger partial charge in [-0.3, -0.25) is 9.36 Å². The zero-order valence-electron chi connectivity index (χ0n) is 17.7. The van der Waals surface area contributed by atoms with Gasteiger partial charge in [-0.15, -0.1) is 21.5 Å².